The lowest BCUT2D eigenvalue weighted by Gasteiger charge is -2.13. The van der Waals surface area contributed by atoms with Gasteiger partial charge in [0.05, 0.1) is 17.3 Å². The van der Waals surface area contributed by atoms with Crippen molar-refractivity contribution >= 4 is 23.0 Å². The third-order valence-electron chi connectivity index (χ3n) is 3.11. The Bertz CT molecular complexity index is 687. The highest BCUT2D eigenvalue weighted by atomic mass is 32.1. The van der Waals surface area contributed by atoms with Crippen molar-refractivity contribution in [2.45, 2.75) is 19.4 Å². The van der Waals surface area contributed by atoms with E-state index in [1.54, 1.807) is 6.20 Å². The summed E-state index contributed by atoms with van der Waals surface area (Å²) in [5, 5.41) is 6.74. The molecule has 0 bridgehead atoms. The maximum Gasteiger partial charge on any atom is 0.252 e. The maximum atomic E-state index is 12.1. The fraction of sp³-hybridized carbons (Fsp3) is 0.214. The van der Waals surface area contributed by atoms with Crippen LogP contribution < -0.4 is 5.32 Å². The van der Waals surface area contributed by atoms with Crippen LogP contribution in [-0.4, -0.2) is 20.3 Å². The highest BCUT2D eigenvalue weighted by molar-refractivity contribution is 7.08. The van der Waals surface area contributed by atoms with Gasteiger partial charge in [-0.1, -0.05) is 6.92 Å². The summed E-state index contributed by atoms with van der Waals surface area (Å²) in [6, 6.07) is 3.56. The lowest BCUT2D eigenvalue weighted by Crippen LogP contribution is -2.28. The highest BCUT2D eigenvalue weighted by Gasteiger charge is 2.17. The summed E-state index contributed by atoms with van der Waals surface area (Å²) < 4.78 is 1.86. The molecule has 0 saturated carbocycles. The van der Waals surface area contributed by atoms with Gasteiger partial charge in [-0.25, -0.2) is 9.97 Å². The van der Waals surface area contributed by atoms with Crippen LogP contribution in [0.4, 0.5) is 0 Å². The van der Waals surface area contributed by atoms with Crippen LogP contribution in [0.25, 0.3) is 5.78 Å². The first-order valence-electron chi connectivity index (χ1n) is 6.40. The zero-order chi connectivity index (χ0) is 13.9. The second kappa shape index (κ2) is 5.42. The monoisotopic (exact) mass is 286 g/mol. The van der Waals surface area contributed by atoms with Gasteiger partial charge in [0.2, 0.25) is 5.78 Å². The highest BCUT2D eigenvalue weighted by Crippen LogP contribution is 2.17. The van der Waals surface area contributed by atoms with Gasteiger partial charge < -0.3 is 5.32 Å². The van der Waals surface area contributed by atoms with Crippen molar-refractivity contribution in [3.63, 3.8) is 0 Å². The summed E-state index contributed by atoms with van der Waals surface area (Å²) in [5.74, 6) is 0.578. The molecule has 0 aliphatic carbocycles. The van der Waals surface area contributed by atoms with Crippen molar-refractivity contribution in [1.82, 2.24) is 19.7 Å². The van der Waals surface area contributed by atoms with Gasteiger partial charge in [-0.05, 0) is 23.9 Å². The number of hydrogen-bond acceptors (Lipinski definition) is 4. The Balaban J connectivity index is 1.84. The molecule has 3 heterocycles. The van der Waals surface area contributed by atoms with E-state index in [9.17, 15) is 4.79 Å². The summed E-state index contributed by atoms with van der Waals surface area (Å²) in [6.45, 7) is 2.02. The molecule has 1 atom stereocenters. The van der Waals surface area contributed by atoms with Gasteiger partial charge in [0.1, 0.15) is 0 Å². The fourth-order valence-corrected chi connectivity index (χ4v) is 2.67. The minimum Gasteiger partial charge on any atom is -0.344 e. The Hall–Kier alpha value is -2.21. The number of aromatic nitrogens is 3. The predicted octanol–water partition coefficient (Wildman–Crippen LogP) is 2.67. The SMILES string of the molecule is CC[C@H](NC(=O)c1ccsc1)c1cn2cccnc2n1. The normalized spacial score (nSPS) is 12.4. The molecule has 0 spiro atoms. The number of hydrogen-bond donors (Lipinski definition) is 1. The summed E-state index contributed by atoms with van der Waals surface area (Å²) in [4.78, 5) is 20.8. The average molecular weight is 286 g/mol. The van der Waals surface area contributed by atoms with Crippen LogP contribution in [0.3, 0.4) is 0 Å². The number of fused-ring (bicyclic) bond motifs is 1. The minimum atomic E-state index is -0.107. The van der Waals surface area contributed by atoms with E-state index in [0.29, 0.717) is 11.3 Å². The molecule has 0 saturated heterocycles. The number of nitrogens with one attached hydrogen (secondary N) is 1. The number of thiophene rings is 1. The van der Waals surface area contributed by atoms with E-state index in [1.807, 2.05) is 46.6 Å². The number of imidazole rings is 1. The Morgan fingerprint density at radius 2 is 2.45 bits per heavy atom. The van der Waals surface area contributed by atoms with E-state index in [4.69, 9.17) is 0 Å². The Labute approximate surface area is 120 Å². The predicted molar refractivity (Wildman–Crippen MR) is 77.8 cm³/mol. The first kappa shape index (κ1) is 12.8. The second-order valence-electron chi connectivity index (χ2n) is 4.44. The molecule has 1 N–H and O–H groups in total. The van der Waals surface area contributed by atoms with Crippen molar-refractivity contribution in [3.05, 3.63) is 52.7 Å². The van der Waals surface area contributed by atoms with E-state index in [0.717, 1.165) is 12.1 Å². The number of amides is 1. The molecule has 5 nitrogen and oxygen atoms in total. The van der Waals surface area contributed by atoms with Crippen LogP contribution in [0.2, 0.25) is 0 Å². The van der Waals surface area contributed by atoms with Crippen LogP contribution in [0.5, 0.6) is 0 Å². The molecule has 6 heteroatoms. The van der Waals surface area contributed by atoms with Gasteiger partial charge in [0, 0.05) is 24.0 Å². The molecule has 1 amide bonds. The first-order valence-corrected chi connectivity index (χ1v) is 7.35. The molecule has 102 valence electrons. The molecular formula is C14H14N4OS. The molecule has 0 aliphatic heterocycles. The van der Waals surface area contributed by atoms with E-state index in [-0.39, 0.29) is 11.9 Å². The third-order valence-corrected chi connectivity index (χ3v) is 3.79. The zero-order valence-electron chi connectivity index (χ0n) is 11.0. The van der Waals surface area contributed by atoms with Crippen molar-refractivity contribution in [3.8, 4) is 0 Å². The molecule has 20 heavy (non-hydrogen) atoms. The van der Waals surface area contributed by atoms with Gasteiger partial charge in [0.25, 0.3) is 5.91 Å². The van der Waals surface area contributed by atoms with Crippen molar-refractivity contribution in [2.75, 3.05) is 0 Å². The molecule has 0 radical (unpaired) electrons. The lowest BCUT2D eigenvalue weighted by atomic mass is 10.1. The average Bonchev–Trinajstić information content (AvgIpc) is 3.12. The van der Waals surface area contributed by atoms with Crippen LogP contribution in [0.15, 0.2) is 41.5 Å². The topological polar surface area (TPSA) is 59.3 Å². The van der Waals surface area contributed by atoms with Crippen LogP contribution in [-0.2, 0) is 0 Å². The second-order valence-corrected chi connectivity index (χ2v) is 5.22. The van der Waals surface area contributed by atoms with Crippen molar-refractivity contribution in [1.29, 1.82) is 0 Å². The Morgan fingerprint density at radius 3 is 3.15 bits per heavy atom. The molecule has 3 aromatic heterocycles. The standard InChI is InChI=1S/C14H14N4OS/c1-2-11(16-13(19)10-4-7-20-9-10)12-8-18-6-3-5-15-14(18)17-12/h3-9,11H,2H2,1H3,(H,16,19)/t11-/m0/s1. The summed E-state index contributed by atoms with van der Waals surface area (Å²) in [6.07, 6.45) is 6.29. The van der Waals surface area contributed by atoms with E-state index in [1.165, 1.54) is 11.3 Å². The van der Waals surface area contributed by atoms with E-state index >= 15 is 0 Å². The molecule has 0 aromatic carbocycles. The van der Waals surface area contributed by atoms with Gasteiger partial charge in [-0.3, -0.25) is 9.20 Å². The number of nitrogens with zero attached hydrogens (tertiary/aromatic N) is 3. The van der Waals surface area contributed by atoms with Crippen LogP contribution in [0.1, 0.15) is 35.4 Å². The quantitative estimate of drug-likeness (QED) is 0.802. The Kier molecular flexibility index (Phi) is 3.47. The van der Waals surface area contributed by atoms with E-state index in [2.05, 4.69) is 15.3 Å². The zero-order valence-corrected chi connectivity index (χ0v) is 11.8. The number of rotatable bonds is 4. The van der Waals surface area contributed by atoms with Gasteiger partial charge >= 0.3 is 0 Å². The summed E-state index contributed by atoms with van der Waals surface area (Å²) in [5.41, 5.74) is 1.52. The molecule has 0 aliphatic rings. The fourth-order valence-electron chi connectivity index (χ4n) is 2.04. The molecule has 3 aromatic rings. The Morgan fingerprint density at radius 1 is 1.55 bits per heavy atom. The third kappa shape index (κ3) is 2.42. The van der Waals surface area contributed by atoms with Crippen molar-refractivity contribution < 1.29 is 4.79 Å². The van der Waals surface area contributed by atoms with Gasteiger partial charge in [-0.2, -0.15) is 11.3 Å². The minimum absolute atomic E-state index is 0.0666. The molecular weight excluding hydrogens is 272 g/mol. The maximum absolute atomic E-state index is 12.1. The lowest BCUT2D eigenvalue weighted by molar-refractivity contribution is 0.0935. The van der Waals surface area contributed by atoms with Gasteiger partial charge in [-0.15, -0.1) is 0 Å². The van der Waals surface area contributed by atoms with E-state index < -0.39 is 0 Å². The largest absolute Gasteiger partial charge is 0.344 e. The van der Waals surface area contributed by atoms with Gasteiger partial charge in [0.15, 0.2) is 0 Å². The van der Waals surface area contributed by atoms with Crippen LogP contribution >= 0.6 is 11.3 Å². The number of carbonyl (C=O) groups is 1. The summed E-state index contributed by atoms with van der Waals surface area (Å²) >= 11 is 1.51. The molecule has 3 rings (SSSR count). The summed E-state index contributed by atoms with van der Waals surface area (Å²) in [7, 11) is 0. The number of carbonyl (C=O) groups excluding carboxylic acids is 1. The first-order chi connectivity index (χ1) is 9.78. The molecule has 0 fully saturated rings. The molecule has 0 unspecified atom stereocenters. The van der Waals surface area contributed by atoms with Crippen molar-refractivity contribution in [2.24, 2.45) is 0 Å². The smallest absolute Gasteiger partial charge is 0.252 e. The van der Waals surface area contributed by atoms with Crippen LogP contribution in [0, 0.1) is 0 Å².